The maximum absolute atomic E-state index is 13.0. The molecule has 6 nitrogen and oxygen atoms in total. The smallest absolute Gasteiger partial charge is 0.379 e. The van der Waals surface area contributed by atoms with E-state index in [4.69, 9.17) is 4.74 Å². The minimum absolute atomic E-state index is 0.00214. The highest BCUT2D eigenvalue weighted by Gasteiger charge is 2.43. The molecular weight excluding hydrogens is 397 g/mol. The number of hydrogen-bond acceptors (Lipinski definition) is 4. The largest absolute Gasteiger partial charge is 0.393 e. The number of nitrogens with zero attached hydrogens (tertiary/aromatic N) is 2. The van der Waals surface area contributed by atoms with Gasteiger partial charge in [-0.25, -0.2) is 8.42 Å². The quantitative estimate of drug-likeness (QED) is 0.753. The van der Waals surface area contributed by atoms with Crippen LogP contribution in [-0.4, -0.2) is 69.1 Å². The molecule has 1 aromatic rings. The molecule has 1 aromatic carbocycles. The van der Waals surface area contributed by atoms with Gasteiger partial charge >= 0.3 is 6.18 Å². The molecule has 2 aliphatic heterocycles. The molecule has 28 heavy (non-hydrogen) atoms. The summed E-state index contributed by atoms with van der Waals surface area (Å²) >= 11 is 0. The summed E-state index contributed by atoms with van der Waals surface area (Å²) < 4.78 is 71.4. The van der Waals surface area contributed by atoms with Crippen LogP contribution in [0.1, 0.15) is 28.8 Å². The van der Waals surface area contributed by atoms with Crippen molar-refractivity contribution in [3.05, 3.63) is 29.3 Å². The van der Waals surface area contributed by atoms with Crippen molar-refractivity contribution in [3.8, 4) is 0 Å². The van der Waals surface area contributed by atoms with Crippen LogP contribution in [0, 0.1) is 12.8 Å². The summed E-state index contributed by atoms with van der Waals surface area (Å²) in [5.74, 6) is -2.13. The number of alkyl halides is 3. The molecular formula is C18H23F3N2O4S. The Balaban J connectivity index is 1.85. The number of carbonyl (C=O) groups is 1. The molecule has 1 atom stereocenters. The molecule has 0 bridgehead atoms. The van der Waals surface area contributed by atoms with E-state index in [9.17, 15) is 26.4 Å². The number of amides is 1. The fourth-order valence-corrected chi connectivity index (χ4v) is 5.21. The predicted molar refractivity (Wildman–Crippen MR) is 95.4 cm³/mol. The van der Waals surface area contributed by atoms with Crippen molar-refractivity contribution in [3.63, 3.8) is 0 Å². The van der Waals surface area contributed by atoms with E-state index in [1.807, 2.05) is 0 Å². The molecule has 0 unspecified atom stereocenters. The van der Waals surface area contributed by atoms with Crippen LogP contribution < -0.4 is 0 Å². The Bertz CT molecular complexity index is 836. The number of hydrogen-bond donors (Lipinski definition) is 0. The lowest BCUT2D eigenvalue weighted by molar-refractivity contribution is -0.184. The summed E-state index contributed by atoms with van der Waals surface area (Å²) in [6.45, 7) is 2.49. The predicted octanol–water partition coefficient (Wildman–Crippen LogP) is 2.43. The van der Waals surface area contributed by atoms with Crippen molar-refractivity contribution in [1.82, 2.24) is 9.21 Å². The summed E-state index contributed by atoms with van der Waals surface area (Å²) in [4.78, 5) is 13.9. The van der Waals surface area contributed by atoms with Crippen LogP contribution in [0.3, 0.4) is 0 Å². The SMILES string of the molecule is Cc1ccc(C(=O)N2CCC[C@@H](C(F)(F)F)C2)cc1S(=O)(=O)N1CCOCC1. The third-order valence-electron chi connectivity index (χ3n) is 5.19. The molecule has 2 saturated heterocycles. The van der Waals surface area contributed by atoms with Gasteiger partial charge in [0.1, 0.15) is 0 Å². The number of sulfonamides is 1. The Morgan fingerprint density at radius 3 is 2.50 bits per heavy atom. The summed E-state index contributed by atoms with van der Waals surface area (Å²) in [5, 5.41) is 0. The average molecular weight is 420 g/mol. The molecule has 0 aromatic heterocycles. The molecule has 1 amide bonds. The first-order valence-electron chi connectivity index (χ1n) is 9.15. The van der Waals surface area contributed by atoms with Gasteiger partial charge in [0.2, 0.25) is 10.0 Å². The molecule has 10 heteroatoms. The minimum Gasteiger partial charge on any atom is -0.379 e. The topological polar surface area (TPSA) is 66.9 Å². The van der Waals surface area contributed by atoms with Crippen molar-refractivity contribution in [1.29, 1.82) is 0 Å². The fraction of sp³-hybridized carbons (Fsp3) is 0.611. The van der Waals surface area contributed by atoms with Crippen LogP contribution in [-0.2, 0) is 14.8 Å². The van der Waals surface area contributed by atoms with E-state index >= 15 is 0 Å². The van der Waals surface area contributed by atoms with Gasteiger partial charge in [0.15, 0.2) is 0 Å². The molecule has 0 radical (unpaired) electrons. The first-order valence-corrected chi connectivity index (χ1v) is 10.6. The third kappa shape index (κ3) is 4.33. The van der Waals surface area contributed by atoms with Crippen molar-refractivity contribution in [2.45, 2.75) is 30.8 Å². The standard InChI is InChI=1S/C18H23F3N2O4S/c1-13-4-5-14(11-16(13)28(25,26)23-7-9-27-10-8-23)17(24)22-6-2-3-15(12-22)18(19,20)21/h4-5,11,15H,2-3,6-10,12H2,1H3/t15-/m1/s1. The van der Waals surface area contributed by atoms with E-state index in [-0.39, 0.29) is 42.9 Å². The van der Waals surface area contributed by atoms with Crippen LogP contribution in [0.5, 0.6) is 0 Å². The number of benzene rings is 1. The van der Waals surface area contributed by atoms with Gasteiger partial charge in [0.05, 0.1) is 24.0 Å². The number of ether oxygens (including phenoxy) is 1. The zero-order valence-corrected chi connectivity index (χ0v) is 16.4. The van der Waals surface area contributed by atoms with E-state index in [1.165, 1.54) is 22.5 Å². The van der Waals surface area contributed by atoms with E-state index in [2.05, 4.69) is 0 Å². The Morgan fingerprint density at radius 1 is 1.18 bits per heavy atom. The lowest BCUT2D eigenvalue weighted by Crippen LogP contribution is -2.44. The van der Waals surface area contributed by atoms with Crippen LogP contribution in [0.2, 0.25) is 0 Å². The monoisotopic (exact) mass is 420 g/mol. The normalized spacial score (nSPS) is 22.3. The molecule has 2 fully saturated rings. The summed E-state index contributed by atoms with van der Waals surface area (Å²) in [6, 6.07) is 4.26. The second-order valence-electron chi connectivity index (χ2n) is 7.13. The molecule has 2 heterocycles. The van der Waals surface area contributed by atoms with E-state index in [1.54, 1.807) is 6.92 Å². The highest BCUT2D eigenvalue weighted by atomic mass is 32.2. The molecule has 156 valence electrons. The van der Waals surface area contributed by atoms with Gasteiger partial charge in [-0.3, -0.25) is 4.79 Å². The van der Waals surface area contributed by atoms with Crippen molar-refractivity contribution in [2.24, 2.45) is 5.92 Å². The van der Waals surface area contributed by atoms with Crippen molar-refractivity contribution < 1.29 is 31.1 Å². The number of rotatable bonds is 3. The number of carbonyl (C=O) groups excluding carboxylic acids is 1. The number of morpholine rings is 1. The maximum atomic E-state index is 13.0. The highest BCUT2D eigenvalue weighted by molar-refractivity contribution is 7.89. The second-order valence-corrected chi connectivity index (χ2v) is 9.04. The van der Waals surface area contributed by atoms with E-state index in [0.717, 1.165) is 4.90 Å². The van der Waals surface area contributed by atoms with Crippen molar-refractivity contribution in [2.75, 3.05) is 39.4 Å². The minimum atomic E-state index is -4.35. The second kappa shape index (κ2) is 8.00. The molecule has 0 N–H and O–H groups in total. The van der Waals surface area contributed by atoms with Gasteiger partial charge in [-0.15, -0.1) is 0 Å². The van der Waals surface area contributed by atoms with E-state index < -0.39 is 34.6 Å². The number of likely N-dealkylation sites (tertiary alicyclic amines) is 1. The Labute approximate surface area is 162 Å². The van der Waals surface area contributed by atoms with Crippen molar-refractivity contribution >= 4 is 15.9 Å². The maximum Gasteiger partial charge on any atom is 0.393 e. The van der Waals surface area contributed by atoms with Gasteiger partial charge < -0.3 is 9.64 Å². The molecule has 0 spiro atoms. The molecule has 2 aliphatic rings. The zero-order chi connectivity index (χ0) is 20.5. The third-order valence-corrected chi connectivity index (χ3v) is 7.24. The van der Waals surface area contributed by atoms with Crippen LogP contribution >= 0.6 is 0 Å². The fourth-order valence-electron chi connectivity index (χ4n) is 3.55. The van der Waals surface area contributed by atoms with Gasteiger partial charge in [-0.2, -0.15) is 17.5 Å². The van der Waals surface area contributed by atoms with Gasteiger partial charge in [0.25, 0.3) is 5.91 Å². The molecule has 0 saturated carbocycles. The summed E-state index contributed by atoms with van der Waals surface area (Å²) in [5.41, 5.74) is 0.565. The van der Waals surface area contributed by atoms with Crippen LogP contribution in [0.4, 0.5) is 13.2 Å². The summed E-state index contributed by atoms with van der Waals surface area (Å²) in [6.07, 6.45) is -4.09. The first-order chi connectivity index (χ1) is 13.1. The lowest BCUT2D eigenvalue weighted by atomic mass is 9.97. The number of halogens is 3. The average Bonchev–Trinajstić information content (AvgIpc) is 2.68. The Morgan fingerprint density at radius 2 is 1.86 bits per heavy atom. The van der Waals surface area contributed by atoms with Gasteiger partial charge in [-0.1, -0.05) is 6.07 Å². The summed E-state index contributed by atoms with van der Waals surface area (Å²) in [7, 11) is -3.81. The Hall–Kier alpha value is -1.65. The molecule has 0 aliphatic carbocycles. The molecule has 3 rings (SSSR count). The van der Waals surface area contributed by atoms with Gasteiger partial charge in [0, 0.05) is 31.7 Å². The lowest BCUT2D eigenvalue weighted by Gasteiger charge is -2.34. The first kappa shape index (κ1) is 21.1. The Kier molecular flexibility index (Phi) is 6.02. The van der Waals surface area contributed by atoms with Crippen LogP contribution in [0.25, 0.3) is 0 Å². The van der Waals surface area contributed by atoms with Crippen LogP contribution in [0.15, 0.2) is 23.1 Å². The number of aryl methyl sites for hydroxylation is 1. The van der Waals surface area contributed by atoms with Gasteiger partial charge in [-0.05, 0) is 37.5 Å². The number of piperidine rings is 1. The van der Waals surface area contributed by atoms with E-state index in [0.29, 0.717) is 18.8 Å². The zero-order valence-electron chi connectivity index (χ0n) is 15.5. The highest BCUT2D eigenvalue weighted by Crippen LogP contribution is 2.33.